The smallest absolute Gasteiger partial charge is 0.410 e. The zero-order valence-electron chi connectivity index (χ0n) is 31.2. The summed E-state index contributed by atoms with van der Waals surface area (Å²) in [4.78, 5) is 59.9. The van der Waals surface area contributed by atoms with Gasteiger partial charge in [-0.3, -0.25) is 19.4 Å². The van der Waals surface area contributed by atoms with E-state index in [9.17, 15) is 19.2 Å². The summed E-state index contributed by atoms with van der Waals surface area (Å²) in [5.41, 5.74) is 0.267. The van der Waals surface area contributed by atoms with Gasteiger partial charge in [-0.25, -0.2) is 4.79 Å². The summed E-state index contributed by atoms with van der Waals surface area (Å²) in [7, 11) is 0. The number of hydrogen-bond acceptors (Lipinski definition) is 8. The number of hydrogen-bond donors (Lipinski definition) is 1. The number of amides is 3. The van der Waals surface area contributed by atoms with Gasteiger partial charge in [0.1, 0.15) is 23.6 Å². The molecule has 0 unspecified atom stereocenters. The van der Waals surface area contributed by atoms with Crippen molar-refractivity contribution in [1.29, 1.82) is 0 Å². The molecule has 0 saturated carbocycles. The Hall–Kier alpha value is -4.15. The van der Waals surface area contributed by atoms with Crippen LogP contribution in [0.15, 0.2) is 59.4 Å². The number of carbonyl (C=O) groups excluding carboxylic acids is 4. The lowest BCUT2D eigenvalue weighted by Crippen LogP contribution is -2.48. The minimum atomic E-state index is -0.738. The summed E-state index contributed by atoms with van der Waals surface area (Å²) in [5.74, 6) is -0.119. The fraction of sp³-hybridized carbons (Fsp3) is 0.615. The highest BCUT2D eigenvalue weighted by atomic mass is 16.6. The van der Waals surface area contributed by atoms with Crippen molar-refractivity contribution in [3.63, 3.8) is 0 Å². The van der Waals surface area contributed by atoms with Crippen LogP contribution in [0.1, 0.15) is 99.0 Å². The Morgan fingerprint density at radius 2 is 1.62 bits per heavy atom. The minimum absolute atomic E-state index is 0.0376. The molecule has 0 aromatic heterocycles. The Morgan fingerprint density at radius 1 is 0.960 bits per heavy atom. The summed E-state index contributed by atoms with van der Waals surface area (Å²) in [6, 6.07) is 9.06. The second kappa shape index (κ2) is 18.7. The van der Waals surface area contributed by atoms with Gasteiger partial charge in [-0.15, -0.1) is 0 Å². The molecule has 2 heterocycles. The van der Waals surface area contributed by atoms with Crippen LogP contribution in [0.2, 0.25) is 0 Å². The number of nitrogens with one attached hydrogen (secondary N) is 1. The number of rotatable bonds is 13. The Labute approximate surface area is 298 Å². The molecule has 2 fully saturated rings. The van der Waals surface area contributed by atoms with Crippen molar-refractivity contribution in [2.75, 3.05) is 26.2 Å². The van der Waals surface area contributed by atoms with Crippen LogP contribution in [0.25, 0.3) is 0 Å². The first-order chi connectivity index (χ1) is 23.5. The van der Waals surface area contributed by atoms with Gasteiger partial charge in [0, 0.05) is 38.8 Å². The van der Waals surface area contributed by atoms with E-state index in [2.05, 4.69) is 16.9 Å². The zero-order chi connectivity index (χ0) is 36.9. The topological polar surface area (TPSA) is 127 Å². The van der Waals surface area contributed by atoms with Crippen molar-refractivity contribution in [2.24, 2.45) is 16.8 Å². The van der Waals surface area contributed by atoms with Crippen LogP contribution in [0, 0.1) is 11.8 Å². The Morgan fingerprint density at radius 3 is 2.26 bits per heavy atom. The highest BCUT2D eigenvalue weighted by Crippen LogP contribution is 2.25. The summed E-state index contributed by atoms with van der Waals surface area (Å²) in [5, 5.41) is 3.00. The zero-order valence-corrected chi connectivity index (χ0v) is 31.2. The van der Waals surface area contributed by atoms with Crippen LogP contribution < -0.4 is 5.32 Å². The van der Waals surface area contributed by atoms with E-state index in [1.54, 1.807) is 43.7 Å². The molecule has 1 aromatic carbocycles. The van der Waals surface area contributed by atoms with E-state index in [0.29, 0.717) is 69.3 Å². The van der Waals surface area contributed by atoms with Crippen LogP contribution in [0.4, 0.5) is 4.79 Å². The molecule has 276 valence electrons. The molecule has 11 heteroatoms. The molecule has 3 amide bonds. The highest BCUT2D eigenvalue weighted by Gasteiger charge is 2.32. The third-order valence-electron chi connectivity index (χ3n) is 8.54. The monoisotopic (exact) mass is 694 g/mol. The van der Waals surface area contributed by atoms with Gasteiger partial charge < -0.3 is 29.3 Å². The number of esters is 1. The van der Waals surface area contributed by atoms with Gasteiger partial charge in [0.2, 0.25) is 11.8 Å². The average Bonchev–Trinajstić information content (AvgIpc) is 3.05. The van der Waals surface area contributed by atoms with Crippen molar-refractivity contribution in [3.8, 4) is 0 Å². The normalized spacial score (nSPS) is 18.4. The predicted molar refractivity (Wildman–Crippen MR) is 194 cm³/mol. The predicted octanol–water partition coefficient (Wildman–Crippen LogP) is 6.57. The van der Waals surface area contributed by atoms with Gasteiger partial charge >= 0.3 is 12.1 Å². The SMILES string of the molecule is C=C(C=N/C=C(\C)OCc1ccccc1)[C@H](CC(=O)OC(C)(C)C)NC(=O)[C@@H]1CCCN(C(=O)CCC2CCN(C(=O)OC(C)(C)C)CC2)C1. The van der Waals surface area contributed by atoms with E-state index in [4.69, 9.17) is 14.2 Å². The number of benzene rings is 1. The molecule has 0 bridgehead atoms. The van der Waals surface area contributed by atoms with Crippen molar-refractivity contribution in [2.45, 2.75) is 117 Å². The number of allylic oxidation sites excluding steroid dienone is 1. The molecule has 3 rings (SSSR count). The molecule has 1 aromatic rings. The van der Waals surface area contributed by atoms with Gasteiger partial charge in [0.15, 0.2) is 0 Å². The Balaban J connectivity index is 1.53. The van der Waals surface area contributed by atoms with Gasteiger partial charge in [-0.05, 0) is 97.6 Å². The van der Waals surface area contributed by atoms with E-state index in [1.807, 2.05) is 51.1 Å². The van der Waals surface area contributed by atoms with Crippen molar-refractivity contribution in [3.05, 3.63) is 60.0 Å². The van der Waals surface area contributed by atoms with Crippen LogP contribution >= 0.6 is 0 Å². The number of piperidine rings is 2. The molecule has 0 spiro atoms. The van der Waals surface area contributed by atoms with Gasteiger partial charge in [-0.2, -0.15) is 0 Å². The van der Waals surface area contributed by atoms with Crippen LogP contribution in [0.5, 0.6) is 0 Å². The Bertz CT molecular complexity index is 1370. The van der Waals surface area contributed by atoms with E-state index in [-0.39, 0.29) is 24.3 Å². The first kappa shape index (κ1) is 40.3. The second-order valence-electron chi connectivity index (χ2n) is 15.3. The van der Waals surface area contributed by atoms with E-state index >= 15 is 0 Å². The minimum Gasteiger partial charge on any atom is -0.492 e. The molecular weight excluding hydrogens is 636 g/mol. The lowest BCUT2D eigenvalue weighted by atomic mass is 9.91. The van der Waals surface area contributed by atoms with Gasteiger partial charge in [-0.1, -0.05) is 36.9 Å². The maximum Gasteiger partial charge on any atom is 0.410 e. The number of ether oxygens (including phenoxy) is 3. The quantitative estimate of drug-likeness (QED) is 0.141. The molecule has 2 saturated heterocycles. The van der Waals surface area contributed by atoms with Crippen molar-refractivity contribution < 1.29 is 33.4 Å². The van der Waals surface area contributed by atoms with Gasteiger partial charge in [0.25, 0.3) is 0 Å². The fourth-order valence-corrected chi connectivity index (χ4v) is 5.88. The number of nitrogens with zero attached hydrogens (tertiary/aromatic N) is 3. The first-order valence-corrected chi connectivity index (χ1v) is 17.8. The molecule has 0 radical (unpaired) electrons. The maximum atomic E-state index is 13.6. The Kier molecular flexibility index (Phi) is 15.1. The lowest BCUT2D eigenvalue weighted by Gasteiger charge is -2.35. The summed E-state index contributed by atoms with van der Waals surface area (Å²) < 4.78 is 16.8. The maximum absolute atomic E-state index is 13.6. The van der Waals surface area contributed by atoms with Crippen LogP contribution in [-0.2, 0) is 35.2 Å². The summed E-state index contributed by atoms with van der Waals surface area (Å²) in [6.45, 7) is 19.4. The highest BCUT2D eigenvalue weighted by molar-refractivity contribution is 5.87. The second-order valence-corrected chi connectivity index (χ2v) is 15.3. The third kappa shape index (κ3) is 14.8. The van der Waals surface area contributed by atoms with Gasteiger partial charge in [0.05, 0.1) is 24.6 Å². The number of carbonyl (C=O) groups is 4. The molecule has 1 N–H and O–H groups in total. The molecule has 50 heavy (non-hydrogen) atoms. The summed E-state index contributed by atoms with van der Waals surface area (Å²) >= 11 is 0. The molecule has 2 aliphatic heterocycles. The van der Waals surface area contributed by atoms with Crippen LogP contribution in [-0.4, -0.2) is 83.3 Å². The third-order valence-corrected chi connectivity index (χ3v) is 8.54. The van der Waals surface area contributed by atoms with Crippen LogP contribution in [0.3, 0.4) is 0 Å². The molecule has 0 aliphatic carbocycles. The summed E-state index contributed by atoms with van der Waals surface area (Å²) in [6.07, 6.45) is 6.85. The average molecular weight is 695 g/mol. The number of likely N-dealkylation sites (tertiary alicyclic amines) is 2. The molecule has 2 atom stereocenters. The van der Waals surface area contributed by atoms with Crippen molar-refractivity contribution >= 4 is 30.1 Å². The number of aliphatic imine (C=N–C) groups is 1. The largest absolute Gasteiger partial charge is 0.492 e. The lowest BCUT2D eigenvalue weighted by molar-refractivity contribution is -0.155. The molecule has 2 aliphatic rings. The fourth-order valence-electron chi connectivity index (χ4n) is 5.88. The standard InChI is InChI=1S/C39H58N4O7/c1-28(24-40-25-29(2)48-27-31-13-10-9-11-14-31)33(23-35(45)49-38(3,4)5)41-36(46)32-15-12-20-43(26-32)34(44)17-16-30-18-21-42(22-19-30)37(47)50-39(6,7)8/h9-11,13-14,24-25,30,32-33H,1,12,15-23,26-27H2,2-8H3,(H,41,46)/b29-25+,40-24?/t32-,33+/m1/s1. The van der Waals surface area contributed by atoms with E-state index < -0.39 is 29.1 Å². The molecular formula is C39H58N4O7. The van der Waals surface area contributed by atoms with Crippen molar-refractivity contribution in [1.82, 2.24) is 15.1 Å². The molecule has 11 nitrogen and oxygen atoms in total. The van der Waals surface area contributed by atoms with E-state index in [0.717, 1.165) is 24.8 Å². The van der Waals surface area contributed by atoms with E-state index in [1.165, 1.54) is 6.21 Å². The first-order valence-electron chi connectivity index (χ1n) is 17.8.